The Bertz CT molecular complexity index is 853. The van der Waals surface area contributed by atoms with Gasteiger partial charge in [-0.1, -0.05) is 0 Å². The summed E-state index contributed by atoms with van der Waals surface area (Å²) < 4.78 is 35.4. The Balaban J connectivity index is 1.64. The van der Waals surface area contributed by atoms with Crippen molar-refractivity contribution < 1.29 is 28.1 Å². The molecule has 0 saturated heterocycles. The summed E-state index contributed by atoms with van der Waals surface area (Å²) in [4.78, 5) is 12.5. The summed E-state index contributed by atoms with van der Waals surface area (Å²) in [7, 11) is 1.53. The molecular formula is C21H24FNO5. The lowest BCUT2D eigenvalue weighted by Gasteiger charge is -2.21. The molecule has 2 aromatic carbocycles. The van der Waals surface area contributed by atoms with Crippen LogP contribution in [0.4, 0.5) is 4.39 Å². The summed E-state index contributed by atoms with van der Waals surface area (Å²) in [5.41, 5.74) is 1.84. The first-order chi connectivity index (χ1) is 13.5. The number of nitrogens with one attached hydrogen (secondary N) is 1. The van der Waals surface area contributed by atoms with Gasteiger partial charge >= 0.3 is 0 Å². The summed E-state index contributed by atoms with van der Waals surface area (Å²) in [6.45, 7) is 4.63. The van der Waals surface area contributed by atoms with Gasteiger partial charge in [0, 0.05) is 17.7 Å². The number of amides is 1. The predicted octanol–water partition coefficient (Wildman–Crippen LogP) is 3.46. The lowest BCUT2D eigenvalue weighted by molar-refractivity contribution is -0.0172. The molecule has 150 valence electrons. The Hall–Kier alpha value is -2.80. The van der Waals surface area contributed by atoms with Crippen molar-refractivity contribution in [2.24, 2.45) is 0 Å². The molecule has 1 aliphatic heterocycles. The molecule has 0 fully saturated rings. The van der Waals surface area contributed by atoms with Crippen LogP contribution in [0.2, 0.25) is 0 Å². The van der Waals surface area contributed by atoms with Crippen LogP contribution in [0.3, 0.4) is 0 Å². The van der Waals surface area contributed by atoms with Crippen LogP contribution < -0.4 is 19.5 Å². The average molecular weight is 389 g/mol. The molecule has 0 saturated carbocycles. The molecule has 1 N–H and O–H groups in total. The molecular weight excluding hydrogens is 365 g/mol. The number of fused-ring (bicyclic) bond motifs is 1. The molecule has 0 bridgehead atoms. The van der Waals surface area contributed by atoms with Crippen LogP contribution in [0.5, 0.6) is 17.2 Å². The first-order valence-corrected chi connectivity index (χ1v) is 9.12. The van der Waals surface area contributed by atoms with E-state index >= 15 is 0 Å². The van der Waals surface area contributed by atoms with Crippen molar-refractivity contribution in [1.29, 1.82) is 0 Å². The van der Waals surface area contributed by atoms with Crippen LogP contribution in [-0.2, 0) is 17.8 Å². The Morgan fingerprint density at radius 3 is 2.82 bits per heavy atom. The molecule has 1 heterocycles. The van der Waals surface area contributed by atoms with Gasteiger partial charge in [0.1, 0.15) is 11.6 Å². The van der Waals surface area contributed by atoms with E-state index in [0.717, 1.165) is 0 Å². The lowest BCUT2D eigenvalue weighted by atomic mass is 10.1. The minimum atomic E-state index is -0.348. The van der Waals surface area contributed by atoms with Crippen molar-refractivity contribution in [3.05, 3.63) is 52.8 Å². The minimum absolute atomic E-state index is 0.00149. The third-order valence-corrected chi connectivity index (χ3v) is 4.22. The molecule has 0 spiro atoms. The highest BCUT2D eigenvalue weighted by Crippen LogP contribution is 2.30. The van der Waals surface area contributed by atoms with Gasteiger partial charge in [0.05, 0.1) is 19.8 Å². The van der Waals surface area contributed by atoms with E-state index in [1.807, 2.05) is 13.8 Å². The van der Waals surface area contributed by atoms with Crippen LogP contribution in [0.1, 0.15) is 35.3 Å². The van der Waals surface area contributed by atoms with Crippen LogP contribution in [0.25, 0.3) is 0 Å². The number of ether oxygens (including phenoxy) is 4. The van der Waals surface area contributed by atoms with Gasteiger partial charge < -0.3 is 24.3 Å². The van der Waals surface area contributed by atoms with Gasteiger partial charge in [-0.3, -0.25) is 4.79 Å². The Labute approximate surface area is 163 Å². The van der Waals surface area contributed by atoms with Gasteiger partial charge in [0.15, 0.2) is 18.3 Å². The highest BCUT2D eigenvalue weighted by atomic mass is 19.1. The number of carbonyl (C=O) groups excluding carboxylic acids is 1. The number of rotatable bonds is 7. The fraction of sp³-hybridized carbons (Fsp3) is 0.381. The van der Waals surface area contributed by atoms with Crippen LogP contribution in [0.15, 0.2) is 30.3 Å². The first kappa shape index (κ1) is 19.9. The normalized spacial score (nSPS) is 12.9. The van der Waals surface area contributed by atoms with Crippen molar-refractivity contribution in [2.75, 3.05) is 20.4 Å². The summed E-state index contributed by atoms with van der Waals surface area (Å²) in [6.07, 6.45) is 0.440. The zero-order chi connectivity index (χ0) is 20.1. The second-order valence-corrected chi connectivity index (χ2v) is 6.70. The van der Waals surface area contributed by atoms with Crippen molar-refractivity contribution in [3.63, 3.8) is 0 Å². The largest absolute Gasteiger partial charge is 0.493 e. The first-order valence-electron chi connectivity index (χ1n) is 9.12. The summed E-state index contributed by atoms with van der Waals surface area (Å²) in [6, 6.07) is 7.86. The second-order valence-electron chi connectivity index (χ2n) is 6.70. The van der Waals surface area contributed by atoms with Crippen molar-refractivity contribution in [3.8, 4) is 17.2 Å². The monoisotopic (exact) mass is 389 g/mol. The fourth-order valence-corrected chi connectivity index (χ4v) is 3.02. The quantitative estimate of drug-likeness (QED) is 0.786. The van der Waals surface area contributed by atoms with E-state index in [9.17, 15) is 9.18 Å². The Kier molecular flexibility index (Phi) is 6.36. The number of carbonyl (C=O) groups is 1. The van der Waals surface area contributed by atoms with Crippen molar-refractivity contribution in [1.82, 2.24) is 5.32 Å². The maximum Gasteiger partial charge on any atom is 0.251 e. The maximum atomic E-state index is 13.8. The van der Waals surface area contributed by atoms with Gasteiger partial charge in [0.25, 0.3) is 5.91 Å². The average Bonchev–Trinajstić information content (AvgIpc) is 2.67. The van der Waals surface area contributed by atoms with Gasteiger partial charge in [-0.2, -0.15) is 0 Å². The minimum Gasteiger partial charge on any atom is -0.493 e. The molecule has 0 aromatic heterocycles. The summed E-state index contributed by atoms with van der Waals surface area (Å²) in [5.74, 6) is 1.12. The number of methoxy groups -OCH3 is 1. The van der Waals surface area contributed by atoms with E-state index in [4.69, 9.17) is 18.9 Å². The van der Waals surface area contributed by atoms with Gasteiger partial charge in [-0.05, 0) is 56.2 Å². The van der Waals surface area contributed by atoms with Gasteiger partial charge in [0.2, 0.25) is 0 Å². The van der Waals surface area contributed by atoms with E-state index in [0.29, 0.717) is 53.5 Å². The van der Waals surface area contributed by atoms with Crippen LogP contribution in [-0.4, -0.2) is 32.5 Å². The smallest absolute Gasteiger partial charge is 0.251 e. The van der Waals surface area contributed by atoms with Crippen molar-refractivity contribution in [2.45, 2.75) is 33.0 Å². The van der Waals surface area contributed by atoms with E-state index in [2.05, 4.69) is 5.32 Å². The molecule has 28 heavy (non-hydrogen) atoms. The molecule has 2 aromatic rings. The Morgan fingerprint density at radius 2 is 2.07 bits per heavy atom. The number of hydrogen-bond donors (Lipinski definition) is 1. The van der Waals surface area contributed by atoms with Crippen LogP contribution >= 0.6 is 0 Å². The zero-order valence-electron chi connectivity index (χ0n) is 16.2. The zero-order valence-corrected chi connectivity index (χ0v) is 16.2. The van der Waals surface area contributed by atoms with Crippen LogP contribution in [0, 0.1) is 5.82 Å². The van der Waals surface area contributed by atoms with Gasteiger partial charge in [-0.15, -0.1) is 0 Å². The lowest BCUT2D eigenvalue weighted by Crippen LogP contribution is -2.26. The standard InChI is InChI=1S/C21H24FNO5/c1-13(2)28-18-5-4-15(10-19(18)25-3)21(24)23-7-6-14-8-17(22)9-16-11-26-12-27-20(14)16/h4-5,8-10,13H,6-7,11-12H2,1-3H3,(H,23,24). The van der Waals surface area contributed by atoms with E-state index in [-0.39, 0.29) is 24.6 Å². The highest BCUT2D eigenvalue weighted by molar-refractivity contribution is 5.94. The molecule has 0 aliphatic carbocycles. The van der Waals surface area contributed by atoms with Crippen molar-refractivity contribution >= 4 is 5.91 Å². The number of halogens is 1. The third-order valence-electron chi connectivity index (χ3n) is 4.22. The van der Waals surface area contributed by atoms with E-state index < -0.39 is 0 Å². The molecule has 0 atom stereocenters. The maximum absolute atomic E-state index is 13.8. The Morgan fingerprint density at radius 1 is 1.25 bits per heavy atom. The number of benzene rings is 2. The molecule has 1 amide bonds. The predicted molar refractivity (Wildman–Crippen MR) is 101 cm³/mol. The molecule has 0 unspecified atom stereocenters. The molecule has 6 nitrogen and oxygen atoms in total. The molecule has 7 heteroatoms. The fourth-order valence-electron chi connectivity index (χ4n) is 3.02. The topological polar surface area (TPSA) is 66.0 Å². The van der Waals surface area contributed by atoms with Gasteiger partial charge in [-0.25, -0.2) is 4.39 Å². The molecule has 1 aliphatic rings. The molecule has 3 rings (SSSR count). The van der Waals surface area contributed by atoms with E-state index in [1.165, 1.54) is 19.2 Å². The molecule has 0 radical (unpaired) electrons. The summed E-state index contributed by atoms with van der Waals surface area (Å²) in [5, 5.41) is 2.84. The third kappa shape index (κ3) is 4.72. The summed E-state index contributed by atoms with van der Waals surface area (Å²) >= 11 is 0. The SMILES string of the molecule is COc1cc(C(=O)NCCc2cc(F)cc3c2OCOC3)ccc1OC(C)C. The van der Waals surface area contributed by atoms with E-state index in [1.54, 1.807) is 18.2 Å². The number of hydrogen-bond acceptors (Lipinski definition) is 5. The highest BCUT2D eigenvalue weighted by Gasteiger charge is 2.17. The second kappa shape index (κ2) is 8.93.